The van der Waals surface area contributed by atoms with Gasteiger partial charge in [0.1, 0.15) is 0 Å². The van der Waals surface area contributed by atoms with E-state index in [4.69, 9.17) is 21.1 Å². The van der Waals surface area contributed by atoms with Gasteiger partial charge in [-0.25, -0.2) is 0 Å². The summed E-state index contributed by atoms with van der Waals surface area (Å²) in [4.78, 5) is 0. The average Bonchev–Trinajstić information content (AvgIpc) is 2.17. The minimum atomic E-state index is -0.137. The first-order valence-corrected chi connectivity index (χ1v) is 5.35. The van der Waals surface area contributed by atoms with Crippen LogP contribution < -0.4 is 0 Å². The van der Waals surface area contributed by atoms with Crippen molar-refractivity contribution in [3.63, 3.8) is 0 Å². The number of hydrogen-bond donors (Lipinski definition) is 0. The van der Waals surface area contributed by atoms with Gasteiger partial charge in [-0.3, -0.25) is 0 Å². The Morgan fingerprint density at radius 3 is 2.14 bits per heavy atom. The van der Waals surface area contributed by atoms with Crippen LogP contribution in [0.2, 0.25) is 0 Å². The van der Waals surface area contributed by atoms with Crippen molar-refractivity contribution in [1.82, 2.24) is 0 Å². The van der Waals surface area contributed by atoms with Crippen LogP contribution in [0, 0.1) is 5.41 Å². The van der Waals surface area contributed by atoms with Crippen LogP contribution in [0.15, 0.2) is 12.7 Å². The molecule has 0 fully saturated rings. The fraction of sp³-hybridized carbons (Fsp3) is 0.818. The molecular weight excluding hydrogens is 200 g/mol. The first kappa shape index (κ1) is 13.9. The molecule has 0 N–H and O–H groups in total. The lowest BCUT2D eigenvalue weighted by Crippen LogP contribution is -2.39. The van der Waals surface area contributed by atoms with Gasteiger partial charge in [-0.2, -0.15) is 0 Å². The molecule has 0 aromatic carbocycles. The summed E-state index contributed by atoms with van der Waals surface area (Å²) in [6.07, 6.45) is 3.80. The molecular formula is C11H21ClO2. The second kappa shape index (κ2) is 7.27. The molecule has 0 spiro atoms. The molecule has 14 heavy (non-hydrogen) atoms. The Morgan fingerprint density at radius 2 is 1.86 bits per heavy atom. The molecule has 0 rings (SSSR count). The Morgan fingerprint density at radius 1 is 1.36 bits per heavy atom. The smallest absolute Gasteiger partial charge is 0.0613 e. The maximum absolute atomic E-state index is 6.25. The van der Waals surface area contributed by atoms with Crippen molar-refractivity contribution >= 4 is 11.6 Å². The summed E-state index contributed by atoms with van der Waals surface area (Å²) >= 11 is 6.25. The lowest BCUT2D eigenvalue weighted by molar-refractivity contribution is 0.00806. The van der Waals surface area contributed by atoms with Gasteiger partial charge in [0, 0.05) is 19.6 Å². The van der Waals surface area contributed by atoms with Crippen LogP contribution in [0.4, 0.5) is 0 Å². The van der Waals surface area contributed by atoms with Crippen LogP contribution in [0.5, 0.6) is 0 Å². The van der Waals surface area contributed by atoms with Crippen LogP contribution in [0.1, 0.15) is 19.8 Å². The first-order chi connectivity index (χ1) is 6.66. The predicted molar refractivity (Wildman–Crippen MR) is 60.9 cm³/mol. The van der Waals surface area contributed by atoms with E-state index < -0.39 is 0 Å². The molecule has 2 nitrogen and oxygen atoms in total. The van der Waals surface area contributed by atoms with Crippen molar-refractivity contribution < 1.29 is 9.47 Å². The van der Waals surface area contributed by atoms with E-state index >= 15 is 0 Å². The molecule has 0 aromatic heterocycles. The second-order valence-electron chi connectivity index (χ2n) is 3.62. The predicted octanol–water partition coefficient (Wildman–Crippen LogP) is 2.86. The van der Waals surface area contributed by atoms with E-state index in [0.717, 1.165) is 12.8 Å². The monoisotopic (exact) mass is 220 g/mol. The third-order valence-corrected chi connectivity index (χ3v) is 3.04. The van der Waals surface area contributed by atoms with Crippen molar-refractivity contribution in [2.24, 2.45) is 5.41 Å². The lowest BCUT2D eigenvalue weighted by atomic mass is 9.81. The van der Waals surface area contributed by atoms with Gasteiger partial charge in [0.2, 0.25) is 0 Å². The highest BCUT2D eigenvalue weighted by atomic mass is 35.5. The number of allylic oxidation sites excluding steroid dienone is 1. The van der Waals surface area contributed by atoms with E-state index in [9.17, 15) is 0 Å². The molecule has 0 heterocycles. The molecule has 3 heteroatoms. The van der Waals surface area contributed by atoms with E-state index in [1.165, 1.54) is 0 Å². The largest absolute Gasteiger partial charge is 0.384 e. The first-order valence-electron chi connectivity index (χ1n) is 4.91. The molecule has 1 atom stereocenters. The zero-order chi connectivity index (χ0) is 11.0. The fourth-order valence-electron chi connectivity index (χ4n) is 1.81. The van der Waals surface area contributed by atoms with Gasteiger partial charge in [0.25, 0.3) is 0 Å². The van der Waals surface area contributed by atoms with Gasteiger partial charge >= 0.3 is 0 Å². The van der Waals surface area contributed by atoms with Crippen LogP contribution in [0.3, 0.4) is 0 Å². The van der Waals surface area contributed by atoms with Gasteiger partial charge in [-0.05, 0) is 6.42 Å². The normalized spacial score (nSPS) is 14.0. The highest BCUT2D eigenvalue weighted by Crippen LogP contribution is 2.33. The van der Waals surface area contributed by atoms with E-state index in [1.807, 2.05) is 0 Å². The molecule has 84 valence electrons. The number of halogens is 1. The molecule has 0 bridgehead atoms. The van der Waals surface area contributed by atoms with Crippen molar-refractivity contribution in [2.45, 2.75) is 25.1 Å². The van der Waals surface area contributed by atoms with Crippen molar-refractivity contribution in [3.05, 3.63) is 12.7 Å². The minimum Gasteiger partial charge on any atom is -0.384 e. The highest BCUT2D eigenvalue weighted by molar-refractivity contribution is 6.22. The van der Waals surface area contributed by atoms with E-state index in [2.05, 4.69) is 13.5 Å². The summed E-state index contributed by atoms with van der Waals surface area (Å²) in [6, 6.07) is 0. The van der Waals surface area contributed by atoms with Gasteiger partial charge in [0.15, 0.2) is 0 Å². The second-order valence-corrected chi connectivity index (χ2v) is 4.09. The maximum Gasteiger partial charge on any atom is 0.0613 e. The Hall–Kier alpha value is -0.0500. The fourth-order valence-corrected chi connectivity index (χ4v) is 2.04. The molecule has 0 aliphatic carbocycles. The standard InChI is InChI=1S/C11H21ClO2/c1-5-7-11(8-13-3,9-14-4)10(12)6-2/h6,10H,2,5,7-9H2,1,3-4H3. The molecule has 0 aliphatic heterocycles. The highest BCUT2D eigenvalue weighted by Gasteiger charge is 2.35. The number of ether oxygens (including phenoxy) is 2. The molecule has 0 radical (unpaired) electrons. The quantitative estimate of drug-likeness (QED) is 0.463. The van der Waals surface area contributed by atoms with Crippen LogP contribution >= 0.6 is 11.6 Å². The number of rotatable bonds is 8. The summed E-state index contributed by atoms with van der Waals surface area (Å²) < 4.78 is 10.4. The third kappa shape index (κ3) is 3.60. The Kier molecular flexibility index (Phi) is 7.24. The molecule has 0 amide bonds. The Balaban J connectivity index is 4.61. The zero-order valence-corrected chi connectivity index (χ0v) is 10.1. The summed E-state index contributed by atoms with van der Waals surface area (Å²) in [5.74, 6) is 0. The van der Waals surface area contributed by atoms with Gasteiger partial charge in [-0.1, -0.05) is 19.4 Å². The Bertz CT molecular complexity index is 142. The van der Waals surface area contributed by atoms with E-state index in [-0.39, 0.29) is 10.8 Å². The molecule has 0 saturated heterocycles. The molecule has 0 aliphatic rings. The number of alkyl halides is 1. The van der Waals surface area contributed by atoms with Crippen LogP contribution in [-0.2, 0) is 9.47 Å². The van der Waals surface area contributed by atoms with Gasteiger partial charge in [0.05, 0.1) is 18.6 Å². The van der Waals surface area contributed by atoms with Crippen LogP contribution in [0.25, 0.3) is 0 Å². The van der Waals surface area contributed by atoms with Crippen molar-refractivity contribution in [2.75, 3.05) is 27.4 Å². The molecule has 1 unspecified atom stereocenters. The lowest BCUT2D eigenvalue weighted by Gasteiger charge is -2.35. The third-order valence-electron chi connectivity index (χ3n) is 2.40. The minimum absolute atomic E-state index is 0.109. The van der Waals surface area contributed by atoms with E-state index in [1.54, 1.807) is 20.3 Å². The topological polar surface area (TPSA) is 18.5 Å². The van der Waals surface area contributed by atoms with E-state index in [0.29, 0.717) is 13.2 Å². The van der Waals surface area contributed by atoms with Crippen molar-refractivity contribution in [3.8, 4) is 0 Å². The summed E-state index contributed by atoms with van der Waals surface area (Å²) in [5.41, 5.74) is -0.137. The molecule has 0 saturated carbocycles. The number of hydrogen-bond acceptors (Lipinski definition) is 2. The average molecular weight is 221 g/mol. The van der Waals surface area contributed by atoms with Crippen molar-refractivity contribution in [1.29, 1.82) is 0 Å². The van der Waals surface area contributed by atoms with Gasteiger partial charge < -0.3 is 9.47 Å². The SMILES string of the molecule is C=CC(Cl)C(CCC)(COC)COC. The molecule has 0 aromatic rings. The van der Waals surface area contributed by atoms with Gasteiger partial charge in [-0.15, -0.1) is 18.2 Å². The summed E-state index contributed by atoms with van der Waals surface area (Å²) in [7, 11) is 3.37. The summed E-state index contributed by atoms with van der Waals surface area (Å²) in [5, 5.41) is -0.109. The Labute approximate surface area is 92.2 Å². The summed E-state index contributed by atoms with van der Waals surface area (Å²) in [6.45, 7) is 7.07. The maximum atomic E-state index is 6.25. The number of methoxy groups -OCH3 is 2. The van der Waals surface area contributed by atoms with Crippen LogP contribution in [-0.4, -0.2) is 32.8 Å². The zero-order valence-electron chi connectivity index (χ0n) is 9.38.